The first kappa shape index (κ1) is 17.2. The van der Waals surface area contributed by atoms with Gasteiger partial charge in [-0.3, -0.25) is 14.9 Å². The number of carbonyl (C=O) groups is 1. The van der Waals surface area contributed by atoms with Crippen molar-refractivity contribution < 1.29 is 4.79 Å². The highest BCUT2D eigenvalue weighted by molar-refractivity contribution is 6.00. The van der Waals surface area contributed by atoms with Gasteiger partial charge in [-0.2, -0.15) is 5.10 Å². The molecule has 1 aliphatic carbocycles. The Morgan fingerprint density at radius 1 is 1.36 bits per heavy atom. The van der Waals surface area contributed by atoms with Gasteiger partial charge in [-0.1, -0.05) is 0 Å². The Hall–Kier alpha value is -2.64. The Morgan fingerprint density at radius 3 is 2.88 bits per heavy atom. The minimum absolute atomic E-state index is 0.0648. The van der Waals surface area contributed by atoms with E-state index in [4.69, 9.17) is 0 Å². The van der Waals surface area contributed by atoms with Crippen molar-refractivity contribution in [2.45, 2.75) is 25.7 Å². The highest BCUT2D eigenvalue weighted by Crippen LogP contribution is 2.30. The fourth-order valence-corrected chi connectivity index (χ4v) is 3.34. The molecular weight excluding hydrogens is 318 g/mol. The van der Waals surface area contributed by atoms with Crippen molar-refractivity contribution in [3.63, 3.8) is 0 Å². The lowest BCUT2D eigenvalue weighted by molar-refractivity contribution is -0.121. The highest BCUT2D eigenvalue weighted by atomic mass is 16.1. The Labute approximate surface area is 146 Å². The van der Waals surface area contributed by atoms with Gasteiger partial charge in [0.05, 0.1) is 17.3 Å². The molecule has 1 fully saturated rings. The number of carbonyl (C=O) groups excluding carboxylic acids is 1. The molecule has 0 unspecified atom stereocenters. The molecule has 0 aromatic carbocycles. The second-order valence-electron chi connectivity index (χ2n) is 6.40. The molecule has 1 amide bonds. The topological polar surface area (TPSA) is 107 Å². The summed E-state index contributed by atoms with van der Waals surface area (Å²) < 4.78 is 0. The van der Waals surface area contributed by atoms with Crippen LogP contribution >= 0.6 is 0 Å². The van der Waals surface area contributed by atoms with Crippen molar-refractivity contribution in [3.8, 4) is 0 Å². The van der Waals surface area contributed by atoms with Gasteiger partial charge in [0.1, 0.15) is 0 Å². The summed E-state index contributed by atoms with van der Waals surface area (Å²) >= 11 is 0. The van der Waals surface area contributed by atoms with Crippen molar-refractivity contribution in [2.75, 3.05) is 26.0 Å². The van der Waals surface area contributed by atoms with Gasteiger partial charge in [0.15, 0.2) is 11.6 Å². The molecule has 134 valence electrons. The number of anilines is 1. The largest absolute Gasteiger partial charge is 0.359 e. The lowest BCUT2D eigenvalue weighted by Gasteiger charge is -2.28. The van der Waals surface area contributed by atoms with Crippen LogP contribution in [0.1, 0.15) is 25.7 Å². The summed E-state index contributed by atoms with van der Waals surface area (Å²) in [6.07, 6.45) is 7.28. The van der Waals surface area contributed by atoms with Crippen LogP contribution in [-0.4, -0.2) is 47.7 Å². The number of H-pyrrole nitrogens is 1. The number of nitrogens with zero attached hydrogens (tertiary/aromatic N) is 3. The quantitative estimate of drug-likeness (QED) is 0.497. The fourth-order valence-electron chi connectivity index (χ4n) is 3.34. The Kier molecular flexibility index (Phi) is 5.47. The van der Waals surface area contributed by atoms with E-state index in [2.05, 4.69) is 36.1 Å². The fraction of sp³-hybridized carbons (Fsp3) is 0.529. The Morgan fingerprint density at radius 2 is 2.16 bits per heavy atom. The standard InChI is InChI=1S/C17H25N7O/c1-18-17(19-2)21-9-11-3-5-12(6-4-11)16(25)23-14-7-8-20-15-13(14)10-22-24-15/h7-8,10-12H,3-6,9H2,1-2H3,(H2,18,19,21)(H2,20,22,23,24,25). The average Bonchev–Trinajstić information content (AvgIpc) is 3.13. The third-order valence-corrected chi connectivity index (χ3v) is 4.85. The minimum Gasteiger partial charge on any atom is -0.359 e. The maximum Gasteiger partial charge on any atom is 0.227 e. The number of guanidine groups is 1. The number of nitrogens with one attached hydrogen (secondary N) is 4. The molecule has 4 N–H and O–H groups in total. The molecule has 0 spiro atoms. The molecule has 0 saturated heterocycles. The van der Waals surface area contributed by atoms with Crippen LogP contribution < -0.4 is 16.0 Å². The SMILES string of the molecule is C/N=C(/NC)NCC1CCC(C(=O)Nc2ccnc3[nH]ncc23)CC1. The summed E-state index contributed by atoms with van der Waals surface area (Å²) in [6, 6.07) is 1.81. The zero-order valence-electron chi connectivity index (χ0n) is 14.7. The van der Waals surface area contributed by atoms with E-state index in [1.54, 1.807) is 19.4 Å². The first-order valence-electron chi connectivity index (χ1n) is 8.68. The molecule has 2 heterocycles. The van der Waals surface area contributed by atoms with Gasteiger partial charge in [-0.25, -0.2) is 4.98 Å². The van der Waals surface area contributed by atoms with Gasteiger partial charge in [-0.05, 0) is 37.7 Å². The molecule has 0 atom stereocenters. The number of fused-ring (bicyclic) bond motifs is 1. The van der Waals surface area contributed by atoms with Crippen molar-refractivity contribution in [3.05, 3.63) is 18.5 Å². The molecule has 0 radical (unpaired) electrons. The summed E-state index contributed by atoms with van der Waals surface area (Å²) in [7, 11) is 3.61. The van der Waals surface area contributed by atoms with E-state index in [9.17, 15) is 4.79 Å². The number of pyridine rings is 1. The van der Waals surface area contributed by atoms with Crippen molar-refractivity contribution >= 4 is 28.6 Å². The summed E-state index contributed by atoms with van der Waals surface area (Å²) in [4.78, 5) is 20.9. The van der Waals surface area contributed by atoms with E-state index in [1.165, 1.54) is 0 Å². The van der Waals surface area contributed by atoms with Crippen LogP contribution in [0.5, 0.6) is 0 Å². The van der Waals surface area contributed by atoms with Crippen LogP contribution in [0.4, 0.5) is 5.69 Å². The first-order chi connectivity index (χ1) is 12.2. The van der Waals surface area contributed by atoms with Crippen LogP contribution in [0.25, 0.3) is 11.0 Å². The number of rotatable bonds is 4. The number of hydrogen-bond donors (Lipinski definition) is 4. The molecule has 8 heteroatoms. The summed E-state index contributed by atoms with van der Waals surface area (Å²) in [5.41, 5.74) is 1.45. The molecule has 1 saturated carbocycles. The van der Waals surface area contributed by atoms with Gasteiger partial charge in [0.2, 0.25) is 5.91 Å². The van der Waals surface area contributed by atoms with Crippen LogP contribution in [0.15, 0.2) is 23.5 Å². The smallest absolute Gasteiger partial charge is 0.227 e. The minimum atomic E-state index is 0.0648. The highest BCUT2D eigenvalue weighted by Gasteiger charge is 2.26. The molecule has 2 aromatic rings. The molecule has 25 heavy (non-hydrogen) atoms. The lowest BCUT2D eigenvalue weighted by Crippen LogP contribution is -2.39. The number of amides is 1. The van der Waals surface area contributed by atoms with Gasteiger partial charge < -0.3 is 16.0 Å². The van der Waals surface area contributed by atoms with Crippen molar-refractivity contribution in [1.82, 2.24) is 25.8 Å². The van der Waals surface area contributed by atoms with Gasteiger partial charge in [-0.15, -0.1) is 0 Å². The van der Waals surface area contributed by atoms with E-state index >= 15 is 0 Å². The zero-order chi connectivity index (χ0) is 17.6. The molecular formula is C17H25N7O. The Bertz CT molecular complexity index is 746. The number of hydrogen-bond acceptors (Lipinski definition) is 4. The van der Waals surface area contributed by atoms with E-state index in [-0.39, 0.29) is 11.8 Å². The average molecular weight is 343 g/mol. The van der Waals surface area contributed by atoms with Gasteiger partial charge in [0, 0.05) is 32.8 Å². The van der Waals surface area contributed by atoms with Crippen LogP contribution in [-0.2, 0) is 4.79 Å². The summed E-state index contributed by atoms with van der Waals surface area (Å²) in [5.74, 6) is 1.54. The third-order valence-electron chi connectivity index (χ3n) is 4.85. The number of aliphatic imine (C=N–C) groups is 1. The predicted molar refractivity (Wildman–Crippen MR) is 98.4 cm³/mol. The Balaban J connectivity index is 1.51. The number of aromatic amines is 1. The number of aromatic nitrogens is 3. The monoisotopic (exact) mass is 343 g/mol. The molecule has 3 rings (SSSR count). The van der Waals surface area contributed by atoms with E-state index in [1.807, 2.05) is 13.1 Å². The van der Waals surface area contributed by atoms with Gasteiger partial charge in [0.25, 0.3) is 0 Å². The second-order valence-corrected chi connectivity index (χ2v) is 6.40. The molecule has 0 aliphatic heterocycles. The lowest BCUT2D eigenvalue weighted by atomic mass is 9.81. The summed E-state index contributed by atoms with van der Waals surface area (Å²) in [6.45, 7) is 0.891. The van der Waals surface area contributed by atoms with Crippen molar-refractivity contribution in [1.29, 1.82) is 0 Å². The third kappa shape index (κ3) is 4.07. The zero-order valence-corrected chi connectivity index (χ0v) is 14.7. The normalized spacial score (nSPS) is 21.1. The predicted octanol–water partition coefficient (Wildman–Crippen LogP) is 1.50. The van der Waals surface area contributed by atoms with Crippen molar-refractivity contribution in [2.24, 2.45) is 16.8 Å². The second kappa shape index (κ2) is 7.96. The summed E-state index contributed by atoms with van der Waals surface area (Å²) in [5, 5.41) is 17.0. The van der Waals surface area contributed by atoms with Crippen LogP contribution in [0.3, 0.4) is 0 Å². The molecule has 1 aliphatic rings. The van der Waals surface area contributed by atoms with Crippen LogP contribution in [0, 0.1) is 11.8 Å². The van der Waals surface area contributed by atoms with E-state index < -0.39 is 0 Å². The maximum absolute atomic E-state index is 12.6. The van der Waals surface area contributed by atoms with Gasteiger partial charge >= 0.3 is 0 Å². The van der Waals surface area contributed by atoms with E-state index in [0.29, 0.717) is 11.6 Å². The van der Waals surface area contributed by atoms with Crippen LogP contribution in [0.2, 0.25) is 0 Å². The molecule has 8 nitrogen and oxygen atoms in total. The molecule has 0 bridgehead atoms. The first-order valence-corrected chi connectivity index (χ1v) is 8.68. The maximum atomic E-state index is 12.6. The van der Waals surface area contributed by atoms with E-state index in [0.717, 1.165) is 49.3 Å². The molecule has 2 aromatic heterocycles.